The lowest BCUT2D eigenvalue weighted by Gasteiger charge is -2.12. The van der Waals surface area contributed by atoms with Gasteiger partial charge in [0.25, 0.3) is 0 Å². The van der Waals surface area contributed by atoms with E-state index in [0.717, 1.165) is 0 Å². The number of imidazole rings is 1. The van der Waals surface area contributed by atoms with Gasteiger partial charge in [-0.25, -0.2) is 4.98 Å². The van der Waals surface area contributed by atoms with E-state index in [1.54, 1.807) is 0 Å². The van der Waals surface area contributed by atoms with E-state index in [9.17, 15) is 13.2 Å². The standard InChI is InChI=1S/C7H6F3N3/c8-7(9,10)6(3-11)4-13-2-1-12-5-13/h1-2,5-6H,4H2. The fraction of sp³-hybridized carbons (Fsp3) is 0.429. The molecule has 0 amide bonds. The number of nitrogens with zero attached hydrogens (tertiary/aromatic N) is 3. The number of rotatable bonds is 2. The summed E-state index contributed by atoms with van der Waals surface area (Å²) >= 11 is 0. The van der Waals surface area contributed by atoms with Crippen molar-refractivity contribution in [3.63, 3.8) is 0 Å². The second-order valence-corrected chi connectivity index (χ2v) is 2.48. The van der Waals surface area contributed by atoms with Crippen LogP contribution in [0.5, 0.6) is 0 Å². The molecule has 1 heterocycles. The molecule has 1 rings (SSSR count). The predicted octanol–water partition coefficient (Wildman–Crippen LogP) is 1.59. The van der Waals surface area contributed by atoms with E-state index in [4.69, 9.17) is 5.26 Å². The van der Waals surface area contributed by atoms with Crippen molar-refractivity contribution in [1.82, 2.24) is 9.55 Å². The summed E-state index contributed by atoms with van der Waals surface area (Å²) in [5, 5.41) is 8.26. The second kappa shape index (κ2) is 3.47. The maximum Gasteiger partial charge on any atom is 0.406 e. The van der Waals surface area contributed by atoms with E-state index in [2.05, 4.69) is 4.98 Å². The fourth-order valence-electron chi connectivity index (χ4n) is 0.823. The molecule has 0 aromatic carbocycles. The minimum absolute atomic E-state index is 0.403. The van der Waals surface area contributed by atoms with E-state index in [0.29, 0.717) is 0 Å². The van der Waals surface area contributed by atoms with Crippen LogP contribution in [0.3, 0.4) is 0 Å². The van der Waals surface area contributed by atoms with Crippen LogP contribution in [0.4, 0.5) is 13.2 Å². The molecule has 0 fully saturated rings. The van der Waals surface area contributed by atoms with Crippen molar-refractivity contribution >= 4 is 0 Å². The van der Waals surface area contributed by atoms with Gasteiger partial charge in [0.1, 0.15) is 0 Å². The maximum atomic E-state index is 12.1. The molecule has 0 saturated heterocycles. The molecule has 1 aromatic heterocycles. The van der Waals surface area contributed by atoms with Crippen LogP contribution in [0.1, 0.15) is 0 Å². The normalized spacial score (nSPS) is 13.7. The van der Waals surface area contributed by atoms with E-state index in [1.165, 1.54) is 29.4 Å². The SMILES string of the molecule is N#CC(Cn1ccnc1)C(F)(F)F. The maximum absolute atomic E-state index is 12.1. The number of alkyl halides is 3. The van der Waals surface area contributed by atoms with Gasteiger partial charge in [0.15, 0.2) is 5.92 Å². The van der Waals surface area contributed by atoms with Gasteiger partial charge in [-0.3, -0.25) is 0 Å². The first-order valence-electron chi connectivity index (χ1n) is 3.46. The van der Waals surface area contributed by atoms with Gasteiger partial charge in [-0.15, -0.1) is 0 Å². The Hall–Kier alpha value is -1.51. The third-order valence-electron chi connectivity index (χ3n) is 1.50. The van der Waals surface area contributed by atoms with Crippen molar-refractivity contribution in [2.45, 2.75) is 12.7 Å². The summed E-state index contributed by atoms with van der Waals surface area (Å²) in [6.07, 6.45) is -0.476. The number of aromatic nitrogens is 2. The molecule has 70 valence electrons. The van der Waals surface area contributed by atoms with Crippen molar-refractivity contribution in [1.29, 1.82) is 5.26 Å². The minimum atomic E-state index is -4.47. The zero-order chi connectivity index (χ0) is 9.90. The lowest BCUT2D eigenvalue weighted by atomic mass is 10.1. The van der Waals surface area contributed by atoms with Crippen molar-refractivity contribution in [2.75, 3.05) is 0 Å². The molecule has 0 aliphatic carbocycles. The number of hydrogen-bond donors (Lipinski definition) is 0. The van der Waals surface area contributed by atoms with Gasteiger partial charge in [-0.2, -0.15) is 18.4 Å². The highest BCUT2D eigenvalue weighted by Crippen LogP contribution is 2.26. The Kier molecular flexibility index (Phi) is 2.56. The van der Waals surface area contributed by atoms with Gasteiger partial charge in [0.2, 0.25) is 0 Å². The van der Waals surface area contributed by atoms with Crippen LogP contribution in [0, 0.1) is 17.2 Å². The third-order valence-corrected chi connectivity index (χ3v) is 1.50. The molecule has 3 nitrogen and oxygen atoms in total. The van der Waals surface area contributed by atoms with Gasteiger partial charge < -0.3 is 4.57 Å². The average Bonchev–Trinajstić information content (AvgIpc) is 2.49. The molecule has 0 radical (unpaired) electrons. The Morgan fingerprint density at radius 2 is 2.23 bits per heavy atom. The average molecular weight is 189 g/mol. The monoisotopic (exact) mass is 189 g/mol. The first kappa shape index (κ1) is 9.58. The molecule has 0 aliphatic rings. The summed E-state index contributed by atoms with van der Waals surface area (Å²) < 4.78 is 37.4. The Labute approximate surface area is 72.4 Å². The van der Waals surface area contributed by atoms with E-state index in [1.807, 2.05) is 0 Å². The van der Waals surface area contributed by atoms with Crippen LogP contribution in [0.25, 0.3) is 0 Å². The van der Waals surface area contributed by atoms with Crippen LogP contribution in [-0.2, 0) is 6.54 Å². The first-order chi connectivity index (χ1) is 6.04. The Morgan fingerprint density at radius 1 is 1.54 bits per heavy atom. The highest BCUT2D eigenvalue weighted by molar-refractivity contribution is 4.90. The lowest BCUT2D eigenvalue weighted by Crippen LogP contribution is -2.25. The van der Waals surface area contributed by atoms with Crippen molar-refractivity contribution < 1.29 is 13.2 Å². The fourth-order valence-corrected chi connectivity index (χ4v) is 0.823. The predicted molar refractivity (Wildman–Crippen MR) is 37.4 cm³/mol. The molecule has 13 heavy (non-hydrogen) atoms. The topological polar surface area (TPSA) is 41.6 Å². The van der Waals surface area contributed by atoms with Crippen molar-refractivity contribution in [3.05, 3.63) is 18.7 Å². The van der Waals surface area contributed by atoms with Crippen LogP contribution in [0.2, 0.25) is 0 Å². The van der Waals surface area contributed by atoms with Crippen LogP contribution in [0.15, 0.2) is 18.7 Å². The molecule has 6 heteroatoms. The smallest absolute Gasteiger partial charge is 0.336 e. The highest BCUT2D eigenvalue weighted by atomic mass is 19.4. The zero-order valence-corrected chi connectivity index (χ0v) is 6.49. The van der Waals surface area contributed by atoms with Gasteiger partial charge in [-0.1, -0.05) is 0 Å². The molecule has 0 aliphatic heterocycles. The summed E-state index contributed by atoms with van der Waals surface area (Å²) in [6, 6.07) is 1.21. The summed E-state index contributed by atoms with van der Waals surface area (Å²) in [5.74, 6) is -1.97. The van der Waals surface area contributed by atoms with E-state index >= 15 is 0 Å². The number of hydrogen-bond acceptors (Lipinski definition) is 2. The molecule has 1 unspecified atom stereocenters. The number of halogens is 3. The molecular weight excluding hydrogens is 183 g/mol. The van der Waals surface area contributed by atoms with Crippen LogP contribution >= 0.6 is 0 Å². The quantitative estimate of drug-likeness (QED) is 0.708. The lowest BCUT2D eigenvalue weighted by molar-refractivity contribution is -0.161. The summed E-state index contributed by atoms with van der Waals surface area (Å²) in [6.45, 7) is -0.403. The first-order valence-corrected chi connectivity index (χ1v) is 3.46. The molecular formula is C7H6F3N3. The van der Waals surface area contributed by atoms with Crippen LogP contribution in [-0.4, -0.2) is 15.7 Å². The number of nitriles is 1. The summed E-state index contributed by atoms with van der Waals surface area (Å²) in [7, 11) is 0. The van der Waals surface area contributed by atoms with E-state index in [-0.39, 0.29) is 0 Å². The molecule has 1 aromatic rings. The zero-order valence-electron chi connectivity index (χ0n) is 6.49. The largest absolute Gasteiger partial charge is 0.406 e. The minimum Gasteiger partial charge on any atom is -0.336 e. The van der Waals surface area contributed by atoms with Gasteiger partial charge in [0.05, 0.1) is 12.4 Å². The van der Waals surface area contributed by atoms with Crippen molar-refractivity contribution in [3.8, 4) is 6.07 Å². The second-order valence-electron chi connectivity index (χ2n) is 2.48. The molecule has 0 saturated carbocycles. The van der Waals surface area contributed by atoms with E-state index < -0.39 is 18.6 Å². The van der Waals surface area contributed by atoms with Gasteiger partial charge >= 0.3 is 6.18 Å². The van der Waals surface area contributed by atoms with Gasteiger partial charge in [0, 0.05) is 18.9 Å². The third kappa shape index (κ3) is 2.47. The summed E-state index contributed by atoms with van der Waals surface area (Å²) in [5.41, 5.74) is 0. The molecule has 0 N–H and O–H groups in total. The van der Waals surface area contributed by atoms with Crippen molar-refractivity contribution in [2.24, 2.45) is 5.92 Å². The molecule has 0 bridgehead atoms. The Morgan fingerprint density at radius 3 is 2.62 bits per heavy atom. The Balaban J connectivity index is 2.67. The van der Waals surface area contributed by atoms with Crippen LogP contribution < -0.4 is 0 Å². The van der Waals surface area contributed by atoms with Gasteiger partial charge in [-0.05, 0) is 0 Å². The molecule has 0 spiro atoms. The Bertz CT molecular complexity index is 296. The summed E-state index contributed by atoms with van der Waals surface area (Å²) in [4.78, 5) is 3.58. The molecule has 1 atom stereocenters. The highest BCUT2D eigenvalue weighted by Gasteiger charge is 2.39.